The molecule has 0 unspecified atom stereocenters. The van der Waals surface area contributed by atoms with Crippen molar-refractivity contribution in [3.8, 4) is 0 Å². The first-order valence-corrected chi connectivity index (χ1v) is 14.2. The van der Waals surface area contributed by atoms with E-state index in [4.69, 9.17) is 4.74 Å². The number of rotatable bonds is 11. The second-order valence-electron chi connectivity index (χ2n) is 7.41. The average molecular weight is 600 g/mol. The molecule has 0 atom stereocenters. The van der Waals surface area contributed by atoms with E-state index in [0.29, 0.717) is 50.1 Å². The first kappa shape index (κ1) is 27.0. The molecular formula is C19H28Br2N4O6S. The molecular weight excluding hydrogens is 572 g/mol. The van der Waals surface area contributed by atoms with Gasteiger partial charge in [-0.3, -0.25) is 19.8 Å². The normalized spacial score (nSPS) is 14.9. The Kier molecular flexibility index (Phi) is 10.3. The van der Waals surface area contributed by atoms with Crippen LogP contribution in [0.4, 0.5) is 11.4 Å². The topological polar surface area (TPSA) is 113 Å². The third-order valence-electron chi connectivity index (χ3n) is 5.16. The van der Waals surface area contributed by atoms with Crippen LogP contribution in [0.25, 0.3) is 0 Å². The van der Waals surface area contributed by atoms with Gasteiger partial charge in [0.2, 0.25) is 0 Å². The molecule has 0 radical (unpaired) electrons. The largest absolute Gasteiger partial charge is 0.379 e. The highest BCUT2D eigenvalue weighted by atomic mass is 79.9. The lowest BCUT2D eigenvalue weighted by atomic mass is 10.1. The highest BCUT2D eigenvalue weighted by Gasteiger charge is 2.30. The summed E-state index contributed by atoms with van der Waals surface area (Å²) in [4.78, 5) is 29.4. The number of anilines is 1. The van der Waals surface area contributed by atoms with Crippen molar-refractivity contribution < 1.29 is 22.9 Å². The summed E-state index contributed by atoms with van der Waals surface area (Å²) in [5, 5.41) is 12.9. The Hall–Kier alpha value is -1.28. The minimum Gasteiger partial charge on any atom is -0.379 e. The van der Waals surface area contributed by atoms with E-state index in [0.717, 1.165) is 25.4 Å². The Bertz CT molecular complexity index is 919. The zero-order valence-corrected chi connectivity index (χ0v) is 22.1. The molecule has 1 aliphatic rings. The number of hydrogen-bond donors (Lipinski definition) is 0. The molecule has 0 bridgehead atoms. The molecule has 2 rings (SSSR count). The van der Waals surface area contributed by atoms with Gasteiger partial charge in [-0.1, -0.05) is 31.9 Å². The summed E-state index contributed by atoms with van der Waals surface area (Å²) in [5.41, 5.74) is -0.368. The van der Waals surface area contributed by atoms with Crippen LogP contribution >= 0.6 is 31.9 Å². The van der Waals surface area contributed by atoms with Gasteiger partial charge in [0.05, 0.1) is 28.7 Å². The summed E-state index contributed by atoms with van der Waals surface area (Å²) in [6, 6.07) is 2.34. The number of nitro groups is 1. The van der Waals surface area contributed by atoms with Crippen LogP contribution in [0.2, 0.25) is 0 Å². The van der Waals surface area contributed by atoms with E-state index in [-0.39, 0.29) is 16.1 Å². The summed E-state index contributed by atoms with van der Waals surface area (Å²) in [6.07, 6.45) is 1.01. The average Bonchev–Trinajstić information content (AvgIpc) is 2.75. The maximum absolute atomic E-state index is 13.2. The van der Waals surface area contributed by atoms with Crippen LogP contribution in [-0.4, -0.2) is 105 Å². The molecule has 0 spiro atoms. The number of carbonyl (C=O) groups excluding carboxylic acids is 1. The summed E-state index contributed by atoms with van der Waals surface area (Å²) in [6.45, 7) is 4.73. The molecule has 32 heavy (non-hydrogen) atoms. The van der Waals surface area contributed by atoms with Crippen molar-refractivity contribution in [3.63, 3.8) is 0 Å². The monoisotopic (exact) mass is 598 g/mol. The molecule has 1 amide bonds. The van der Waals surface area contributed by atoms with Crippen LogP contribution in [0.3, 0.4) is 0 Å². The van der Waals surface area contributed by atoms with Gasteiger partial charge in [0, 0.05) is 69.3 Å². The molecule has 1 aliphatic heterocycles. The number of sulfone groups is 1. The van der Waals surface area contributed by atoms with Gasteiger partial charge in [0.15, 0.2) is 9.84 Å². The number of nitrogens with zero attached hydrogens (tertiary/aromatic N) is 4. The van der Waals surface area contributed by atoms with Gasteiger partial charge < -0.3 is 14.5 Å². The second-order valence-corrected chi connectivity index (χ2v) is 11.0. The number of morpholine rings is 1. The number of ether oxygens (including phenoxy) is 1. The first-order chi connectivity index (χ1) is 15.1. The lowest BCUT2D eigenvalue weighted by Crippen LogP contribution is -2.42. The van der Waals surface area contributed by atoms with Crippen molar-refractivity contribution in [1.29, 1.82) is 0 Å². The molecule has 0 aromatic heterocycles. The number of nitro benzene ring substituents is 1. The minimum atomic E-state index is -3.78. The quantitative estimate of drug-likeness (QED) is 0.216. The summed E-state index contributed by atoms with van der Waals surface area (Å²) in [7, 11) is -2.19. The number of carbonyl (C=O) groups is 1. The zero-order chi connectivity index (χ0) is 23.9. The van der Waals surface area contributed by atoms with Gasteiger partial charge in [0.25, 0.3) is 11.6 Å². The van der Waals surface area contributed by atoms with Gasteiger partial charge >= 0.3 is 0 Å². The van der Waals surface area contributed by atoms with Gasteiger partial charge in [-0.05, 0) is 6.07 Å². The molecule has 10 nitrogen and oxygen atoms in total. The number of hydrogen-bond acceptors (Lipinski definition) is 8. The molecule has 1 aromatic rings. The Morgan fingerprint density at radius 1 is 1.19 bits per heavy atom. The number of amides is 1. The fourth-order valence-corrected chi connectivity index (χ4v) is 5.15. The molecule has 180 valence electrons. The van der Waals surface area contributed by atoms with Crippen LogP contribution in [0.1, 0.15) is 10.4 Å². The van der Waals surface area contributed by atoms with E-state index in [9.17, 15) is 23.3 Å². The van der Waals surface area contributed by atoms with Crippen molar-refractivity contribution in [2.45, 2.75) is 4.90 Å². The number of likely N-dealkylation sites (N-methyl/N-ethyl adjacent to an activating group) is 1. The molecule has 1 saturated heterocycles. The van der Waals surface area contributed by atoms with Crippen LogP contribution in [-0.2, 0) is 14.6 Å². The van der Waals surface area contributed by atoms with E-state index in [1.807, 2.05) is 0 Å². The molecule has 1 fully saturated rings. The van der Waals surface area contributed by atoms with Gasteiger partial charge in [-0.25, -0.2) is 8.42 Å². The Morgan fingerprint density at radius 2 is 1.78 bits per heavy atom. The Labute approximate surface area is 205 Å². The van der Waals surface area contributed by atoms with Gasteiger partial charge in [-0.2, -0.15) is 0 Å². The van der Waals surface area contributed by atoms with Crippen LogP contribution in [0, 0.1) is 10.1 Å². The maximum atomic E-state index is 13.2. The van der Waals surface area contributed by atoms with Crippen molar-refractivity contribution in [3.05, 3.63) is 27.8 Å². The predicted octanol–water partition coefficient (Wildman–Crippen LogP) is 2.00. The fraction of sp³-hybridized carbons (Fsp3) is 0.632. The van der Waals surface area contributed by atoms with E-state index in [1.165, 1.54) is 11.0 Å². The summed E-state index contributed by atoms with van der Waals surface area (Å²) >= 11 is 6.71. The van der Waals surface area contributed by atoms with Crippen LogP contribution in [0.15, 0.2) is 17.0 Å². The van der Waals surface area contributed by atoms with Crippen molar-refractivity contribution >= 4 is 59.0 Å². The van der Waals surface area contributed by atoms with Crippen molar-refractivity contribution in [2.75, 3.05) is 81.3 Å². The Balaban J connectivity index is 2.45. The predicted molar refractivity (Wildman–Crippen MR) is 130 cm³/mol. The second kappa shape index (κ2) is 12.3. The number of halogens is 2. The smallest absolute Gasteiger partial charge is 0.283 e. The highest BCUT2D eigenvalue weighted by molar-refractivity contribution is 9.09. The fourth-order valence-electron chi connectivity index (χ4n) is 3.40. The third kappa shape index (κ3) is 7.11. The van der Waals surface area contributed by atoms with Crippen molar-refractivity contribution in [1.82, 2.24) is 9.80 Å². The SMILES string of the molecule is CN(CCN1CCOCC1)C(=O)c1cc(N(CCBr)CCBr)c(S(C)(=O)=O)cc1[N+](=O)[O-]. The summed E-state index contributed by atoms with van der Waals surface area (Å²) in [5.74, 6) is -0.524. The maximum Gasteiger partial charge on any atom is 0.283 e. The van der Waals surface area contributed by atoms with E-state index in [2.05, 4.69) is 36.8 Å². The molecule has 0 N–H and O–H groups in total. The first-order valence-electron chi connectivity index (χ1n) is 10.0. The van der Waals surface area contributed by atoms with Gasteiger partial charge in [0.1, 0.15) is 5.56 Å². The minimum absolute atomic E-state index is 0.129. The van der Waals surface area contributed by atoms with E-state index in [1.54, 1.807) is 11.9 Å². The molecule has 0 aliphatic carbocycles. The van der Waals surface area contributed by atoms with E-state index >= 15 is 0 Å². The standard InChI is InChI=1S/C19H28Br2N4O6S/c1-22(7-8-23-9-11-31-12-10-23)19(26)15-13-17(24(5-3-20)6-4-21)18(32(2,29)30)14-16(15)25(27)28/h13-14H,3-12H2,1-2H3. The summed E-state index contributed by atoms with van der Waals surface area (Å²) < 4.78 is 30.2. The lowest BCUT2D eigenvalue weighted by Gasteiger charge is -2.29. The van der Waals surface area contributed by atoms with Gasteiger partial charge in [-0.15, -0.1) is 0 Å². The van der Waals surface area contributed by atoms with Crippen LogP contribution < -0.4 is 4.90 Å². The lowest BCUT2D eigenvalue weighted by molar-refractivity contribution is -0.385. The third-order valence-corrected chi connectivity index (χ3v) is 6.99. The van der Waals surface area contributed by atoms with Crippen molar-refractivity contribution in [2.24, 2.45) is 0 Å². The number of benzene rings is 1. The highest BCUT2D eigenvalue weighted by Crippen LogP contribution is 2.34. The van der Waals surface area contributed by atoms with Crippen LogP contribution in [0.5, 0.6) is 0 Å². The Morgan fingerprint density at radius 3 is 2.28 bits per heavy atom. The number of alkyl halides is 2. The molecule has 1 heterocycles. The molecule has 1 aromatic carbocycles. The zero-order valence-electron chi connectivity index (χ0n) is 18.1. The molecule has 13 heteroatoms. The van der Waals surface area contributed by atoms with E-state index < -0.39 is 26.4 Å². The molecule has 0 saturated carbocycles.